The number of aromatic amines is 1. The summed E-state index contributed by atoms with van der Waals surface area (Å²) in [5.74, 6) is 0.189. The molecule has 0 saturated carbocycles. The number of hydrogen-bond donors (Lipinski definition) is 2. The summed E-state index contributed by atoms with van der Waals surface area (Å²) < 4.78 is 0. The van der Waals surface area contributed by atoms with Crippen molar-refractivity contribution in [2.45, 2.75) is 52.1 Å². The molecule has 0 aromatic carbocycles. The second kappa shape index (κ2) is 6.84. The monoisotopic (exact) mass is 334 g/mol. The number of aliphatic hydroxyl groups is 1. The molecule has 1 spiro atoms. The fraction of sp³-hybridized carbons (Fsp3) is 0.778. The summed E-state index contributed by atoms with van der Waals surface area (Å²) in [4.78, 5) is 17.0. The van der Waals surface area contributed by atoms with Crippen molar-refractivity contribution in [2.24, 2.45) is 5.41 Å². The molecule has 24 heavy (non-hydrogen) atoms. The predicted molar refractivity (Wildman–Crippen MR) is 92.8 cm³/mol. The number of nitrogens with zero attached hydrogens (tertiary/aromatic N) is 3. The second-order valence-electron chi connectivity index (χ2n) is 7.74. The van der Waals surface area contributed by atoms with Gasteiger partial charge in [-0.15, -0.1) is 0 Å². The highest BCUT2D eigenvalue weighted by molar-refractivity contribution is 5.76. The fourth-order valence-electron chi connectivity index (χ4n) is 4.31. The van der Waals surface area contributed by atoms with Crippen LogP contribution in [-0.2, 0) is 11.2 Å². The quantitative estimate of drug-likeness (QED) is 0.873. The standard InChI is InChI=1S/C18H30N4O2/c1-13-14(2)19-20-15(13)5-6-17(24)22-9-4-8-18(12-22)11-21(3)10-7-16(18)23/h16,23H,4-12H2,1-3H3,(H,19,20)/t16-,18-/m0/s1. The first-order valence-electron chi connectivity index (χ1n) is 9.06. The number of nitrogens with one attached hydrogen (secondary N) is 1. The molecule has 2 N–H and O–H groups in total. The van der Waals surface area contributed by atoms with E-state index in [-0.39, 0.29) is 17.4 Å². The molecule has 2 aliphatic heterocycles. The van der Waals surface area contributed by atoms with Gasteiger partial charge in [0.2, 0.25) is 5.91 Å². The Balaban J connectivity index is 1.61. The molecule has 0 radical (unpaired) electrons. The van der Waals surface area contributed by atoms with E-state index >= 15 is 0 Å². The Morgan fingerprint density at radius 3 is 2.88 bits per heavy atom. The van der Waals surface area contributed by atoms with E-state index in [0.717, 1.165) is 55.8 Å². The third-order valence-corrected chi connectivity index (χ3v) is 5.97. The van der Waals surface area contributed by atoms with Crippen LogP contribution in [0, 0.1) is 19.3 Å². The van der Waals surface area contributed by atoms with Gasteiger partial charge in [0.25, 0.3) is 0 Å². The number of amides is 1. The molecule has 2 atom stereocenters. The summed E-state index contributed by atoms with van der Waals surface area (Å²) >= 11 is 0. The third kappa shape index (κ3) is 3.35. The smallest absolute Gasteiger partial charge is 0.222 e. The highest BCUT2D eigenvalue weighted by Gasteiger charge is 2.45. The zero-order valence-electron chi connectivity index (χ0n) is 15.1. The van der Waals surface area contributed by atoms with Crippen LogP contribution >= 0.6 is 0 Å². The van der Waals surface area contributed by atoms with E-state index in [0.29, 0.717) is 19.4 Å². The number of likely N-dealkylation sites (tertiary alicyclic amines) is 2. The van der Waals surface area contributed by atoms with E-state index in [1.807, 2.05) is 18.7 Å². The van der Waals surface area contributed by atoms with Crippen molar-refractivity contribution in [3.63, 3.8) is 0 Å². The van der Waals surface area contributed by atoms with E-state index in [1.165, 1.54) is 0 Å². The van der Waals surface area contributed by atoms with Crippen molar-refractivity contribution in [2.75, 3.05) is 33.2 Å². The van der Waals surface area contributed by atoms with Gasteiger partial charge in [-0.2, -0.15) is 5.10 Å². The van der Waals surface area contributed by atoms with Crippen LogP contribution in [-0.4, -0.2) is 70.3 Å². The van der Waals surface area contributed by atoms with E-state index < -0.39 is 0 Å². The number of aryl methyl sites for hydroxylation is 2. The molecule has 6 nitrogen and oxygen atoms in total. The first-order chi connectivity index (χ1) is 11.4. The molecule has 3 rings (SSSR count). The molecule has 6 heteroatoms. The summed E-state index contributed by atoms with van der Waals surface area (Å²) in [6.07, 6.45) is 3.69. The van der Waals surface area contributed by atoms with Crippen LogP contribution in [0.4, 0.5) is 0 Å². The third-order valence-electron chi connectivity index (χ3n) is 5.97. The van der Waals surface area contributed by atoms with Crippen molar-refractivity contribution in [3.05, 3.63) is 17.0 Å². The van der Waals surface area contributed by atoms with Crippen molar-refractivity contribution >= 4 is 5.91 Å². The number of rotatable bonds is 3. The zero-order valence-corrected chi connectivity index (χ0v) is 15.1. The molecule has 1 aromatic rings. The van der Waals surface area contributed by atoms with E-state index in [1.54, 1.807) is 0 Å². The Kier molecular flexibility index (Phi) is 4.97. The Bertz CT molecular complexity index is 600. The maximum atomic E-state index is 12.7. The predicted octanol–water partition coefficient (Wildman–Crippen LogP) is 1.26. The Morgan fingerprint density at radius 2 is 2.17 bits per heavy atom. The number of hydrogen-bond acceptors (Lipinski definition) is 4. The van der Waals surface area contributed by atoms with Gasteiger partial charge in [0.15, 0.2) is 0 Å². The molecule has 1 aromatic heterocycles. The fourth-order valence-corrected chi connectivity index (χ4v) is 4.31. The number of aliphatic hydroxyl groups excluding tert-OH is 1. The lowest BCUT2D eigenvalue weighted by atomic mass is 9.71. The van der Waals surface area contributed by atoms with Crippen LogP contribution in [0.3, 0.4) is 0 Å². The lowest BCUT2D eigenvalue weighted by Crippen LogP contribution is -2.59. The molecular weight excluding hydrogens is 304 g/mol. The Labute approximate surface area is 144 Å². The van der Waals surface area contributed by atoms with Gasteiger partial charge in [0.05, 0.1) is 11.8 Å². The largest absolute Gasteiger partial charge is 0.392 e. The van der Waals surface area contributed by atoms with E-state index in [9.17, 15) is 9.90 Å². The highest BCUT2D eigenvalue weighted by Crippen LogP contribution is 2.38. The molecule has 0 unspecified atom stereocenters. The van der Waals surface area contributed by atoms with Crippen LogP contribution in [0.25, 0.3) is 0 Å². The first kappa shape index (κ1) is 17.4. The topological polar surface area (TPSA) is 72.5 Å². The van der Waals surface area contributed by atoms with Gasteiger partial charge in [-0.25, -0.2) is 0 Å². The van der Waals surface area contributed by atoms with Crippen LogP contribution in [0.5, 0.6) is 0 Å². The van der Waals surface area contributed by atoms with Crippen LogP contribution in [0.2, 0.25) is 0 Å². The maximum absolute atomic E-state index is 12.7. The molecule has 2 saturated heterocycles. The normalized spacial score (nSPS) is 28.5. The minimum absolute atomic E-state index is 0.139. The van der Waals surface area contributed by atoms with Crippen molar-refractivity contribution < 1.29 is 9.90 Å². The number of H-pyrrole nitrogens is 1. The van der Waals surface area contributed by atoms with Crippen LogP contribution in [0.15, 0.2) is 0 Å². The minimum Gasteiger partial charge on any atom is -0.392 e. The average molecular weight is 334 g/mol. The number of carbonyl (C=O) groups is 1. The molecule has 1 amide bonds. The Hall–Kier alpha value is -1.40. The number of piperidine rings is 2. The summed E-state index contributed by atoms with van der Waals surface area (Å²) in [7, 11) is 2.11. The maximum Gasteiger partial charge on any atom is 0.222 e. The molecule has 2 fully saturated rings. The van der Waals surface area contributed by atoms with E-state index in [2.05, 4.69) is 22.1 Å². The van der Waals surface area contributed by atoms with Gasteiger partial charge in [-0.3, -0.25) is 9.89 Å². The van der Waals surface area contributed by atoms with Gasteiger partial charge in [0.1, 0.15) is 0 Å². The Morgan fingerprint density at radius 1 is 1.38 bits per heavy atom. The molecule has 3 heterocycles. The summed E-state index contributed by atoms with van der Waals surface area (Å²) in [5, 5.41) is 17.8. The van der Waals surface area contributed by atoms with E-state index in [4.69, 9.17) is 0 Å². The summed E-state index contributed by atoms with van der Waals surface area (Å²) in [5.41, 5.74) is 3.08. The van der Waals surface area contributed by atoms with Crippen LogP contribution < -0.4 is 0 Å². The minimum atomic E-state index is -0.291. The SMILES string of the molecule is Cc1[nH]nc(CCC(=O)N2CCC[C@]3(CN(C)CC[C@@H]3O)C2)c1C. The zero-order chi connectivity index (χ0) is 17.3. The lowest BCUT2D eigenvalue weighted by Gasteiger charge is -2.50. The molecule has 134 valence electrons. The molecule has 0 aliphatic carbocycles. The van der Waals surface area contributed by atoms with Gasteiger partial charge in [-0.05, 0) is 45.7 Å². The summed E-state index contributed by atoms with van der Waals surface area (Å²) in [6.45, 7) is 7.38. The van der Waals surface area contributed by atoms with Gasteiger partial charge in [-0.1, -0.05) is 0 Å². The molecular formula is C18H30N4O2. The van der Waals surface area contributed by atoms with Crippen molar-refractivity contribution in [1.82, 2.24) is 20.0 Å². The lowest BCUT2D eigenvalue weighted by molar-refractivity contribution is -0.140. The van der Waals surface area contributed by atoms with Crippen LogP contribution in [0.1, 0.15) is 42.6 Å². The molecule has 0 bridgehead atoms. The number of carbonyl (C=O) groups excluding carboxylic acids is 1. The van der Waals surface area contributed by atoms with Gasteiger partial charge < -0.3 is 14.9 Å². The molecule has 2 aliphatic rings. The van der Waals surface area contributed by atoms with Gasteiger partial charge in [0, 0.05) is 50.1 Å². The highest BCUT2D eigenvalue weighted by atomic mass is 16.3. The van der Waals surface area contributed by atoms with Crippen molar-refractivity contribution in [3.8, 4) is 0 Å². The summed E-state index contributed by atoms with van der Waals surface area (Å²) in [6, 6.07) is 0. The first-order valence-corrected chi connectivity index (χ1v) is 9.06. The van der Waals surface area contributed by atoms with Crippen molar-refractivity contribution in [1.29, 1.82) is 0 Å². The van der Waals surface area contributed by atoms with Gasteiger partial charge >= 0.3 is 0 Å². The number of aromatic nitrogens is 2. The second-order valence-corrected chi connectivity index (χ2v) is 7.74. The average Bonchev–Trinajstić information content (AvgIpc) is 2.88.